The minimum absolute atomic E-state index is 0.502. The second kappa shape index (κ2) is 5.28. The van der Waals surface area contributed by atoms with Crippen molar-refractivity contribution in [3.8, 4) is 0 Å². The van der Waals surface area contributed by atoms with Crippen molar-refractivity contribution < 1.29 is 9.32 Å². The van der Waals surface area contributed by atoms with E-state index in [0.29, 0.717) is 23.8 Å². The Kier molecular flexibility index (Phi) is 3.33. The molecule has 0 aliphatic carbocycles. The molecule has 5 nitrogen and oxygen atoms in total. The summed E-state index contributed by atoms with van der Waals surface area (Å²) in [6, 6.07) is 7.65. The summed E-state index contributed by atoms with van der Waals surface area (Å²) in [5.74, 6) is 1.29. The molecule has 0 bridgehead atoms. The molecule has 3 aromatic rings. The number of fused-ring (bicyclic) bond motifs is 1. The van der Waals surface area contributed by atoms with Gasteiger partial charge in [0.15, 0.2) is 12.1 Å². The minimum atomic E-state index is 0.502. The molecule has 3 rings (SSSR count). The maximum Gasteiger partial charge on any atom is 0.226 e. The largest absolute Gasteiger partial charge is 0.339 e. The zero-order chi connectivity index (χ0) is 13.9. The average Bonchev–Trinajstić information content (AvgIpc) is 3.07. The third kappa shape index (κ3) is 2.22. The van der Waals surface area contributed by atoms with Crippen molar-refractivity contribution in [2.75, 3.05) is 0 Å². The molecular weight excluding hydrogens is 254 g/mol. The van der Waals surface area contributed by atoms with Gasteiger partial charge in [-0.05, 0) is 18.6 Å². The molecule has 0 N–H and O–H groups in total. The number of aldehydes is 1. The second-order valence-corrected chi connectivity index (χ2v) is 4.70. The predicted octanol–water partition coefficient (Wildman–Crippen LogP) is 2.84. The smallest absolute Gasteiger partial charge is 0.226 e. The maximum atomic E-state index is 11.1. The third-order valence-corrected chi connectivity index (χ3v) is 3.23. The van der Waals surface area contributed by atoms with E-state index >= 15 is 0 Å². The fourth-order valence-corrected chi connectivity index (χ4v) is 2.34. The predicted molar refractivity (Wildman–Crippen MR) is 74.7 cm³/mol. The first-order chi connectivity index (χ1) is 9.81. The third-order valence-electron chi connectivity index (χ3n) is 3.23. The standard InChI is InChI=1S/C15H15N3O2/c1-2-4-14-16-13(17-20-14)9-18-8-7-11-5-3-6-12(10-19)15(11)18/h3,5-8,10H,2,4,9H2,1H3. The number of carbonyl (C=O) groups excluding carboxylic acids is 1. The van der Waals surface area contributed by atoms with Crippen LogP contribution in [0.2, 0.25) is 0 Å². The topological polar surface area (TPSA) is 60.9 Å². The number of nitrogens with zero attached hydrogens (tertiary/aromatic N) is 3. The molecule has 0 atom stereocenters. The quantitative estimate of drug-likeness (QED) is 0.668. The van der Waals surface area contributed by atoms with Crippen LogP contribution in [0.25, 0.3) is 10.9 Å². The normalized spacial score (nSPS) is 11.1. The van der Waals surface area contributed by atoms with E-state index in [1.807, 2.05) is 35.0 Å². The first kappa shape index (κ1) is 12.6. The van der Waals surface area contributed by atoms with Gasteiger partial charge in [-0.1, -0.05) is 24.2 Å². The molecule has 0 spiro atoms. The maximum absolute atomic E-state index is 11.1. The van der Waals surface area contributed by atoms with Gasteiger partial charge in [0.2, 0.25) is 5.89 Å². The first-order valence-electron chi connectivity index (χ1n) is 6.66. The van der Waals surface area contributed by atoms with Crippen molar-refractivity contribution in [1.29, 1.82) is 0 Å². The Labute approximate surface area is 116 Å². The molecular formula is C15H15N3O2. The fourth-order valence-electron chi connectivity index (χ4n) is 2.34. The molecule has 0 unspecified atom stereocenters. The number of hydrogen-bond donors (Lipinski definition) is 0. The minimum Gasteiger partial charge on any atom is -0.339 e. The Morgan fingerprint density at radius 1 is 1.35 bits per heavy atom. The highest BCUT2D eigenvalue weighted by Gasteiger charge is 2.10. The Balaban J connectivity index is 1.95. The Morgan fingerprint density at radius 2 is 2.25 bits per heavy atom. The molecule has 0 aliphatic rings. The van der Waals surface area contributed by atoms with Crippen LogP contribution in [-0.4, -0.2) is 21.0 Å². The summed E-state index contributed by atoms with van der Waals surface area (Å²) in [7, 11) is 0. The van der Waals surface area contributed by atoms with Gasteiger partial charge in [0.1, 0.15) is 0 Å². The number of benzene rings is 1. The monoisotopic (exact) mass is 269 g/mol. The van der Waals surface area contributed by atoms with Crippen LogP contribution in [0.15, 0.2) is 35.0 Å². The van der Waals surface area contributed by atoms with Gasteiger partial charge in [0.25, 0.3) is 0 Å². The van der Waals surface area contributed by atoms with Crippen molar-refractivity contribution >= 4 is 17.2 Å². The lowest BCUT2D eigenvalue weighted by Gasteiger charge is -2.03. The molecule has 20 heavy (non-hydrogen) atoms. The van der Waals surface area contributed by atoms with Crippen LogP contribution in [0, 0.1) is 0 Å². The molecule has 102 valence electrons. The van der Waals surface area contributed by atoms with E-state index in [2.05, 4.69) is 17.1 Å². The van der Waals surface area contributed by atoms with Crippen LogP contribution in [0.5, 0.6) is 0 Å². The molecule has 1 aromatic carbocycles. The molecule has 0 amide bonds. The van der Waals surface area contributed by atoms with Crippen LogP contribution in [0.1, 0.15) is 35.4 Å². The summed E-state index contributed by atoms with van der Waals surface area (Å²) < 4.78 is 7.15. The van der Waals surface area contributed by atoms with Crippen LogP contribution >= 0.6 is 0 Å². The summed E-state index contributed by atoms with van der Waals surface area (Å²) in [6.07, 6.45) is 4.58. The number of hydrogen-bond acceptors (Lipinski definition) is 4. The lowest BCUT2D eigenvalue weighted by molar-refractivity contribution is 0.112. The van der Waals surface area contributed by atoms with Gasteiger partial charge in [-0.15, -0.1) is 0 Å². The number of carbonyl (C=O) groups is 1. The number of aryl methyl sites for hydroxylation is 1. The zero-order valence-corrected chi connectivity index (χ0v) is 11.2. The van der Waals surface area contributed by atoms with Gasteiger partial charge in [-0.2, -0.15) is 4.98 Å². The first-order valence-corrected chi connectivity index (χ1v) is 6.66. The van der Waals surface area contributed by atoms with Crippen molar-refractivity contribution in [3.05, 3.63) is 47.7 Å². The molecule has 0 saturated carbocycles. The van der Waals surface area contributed by atoms with Gasteiger partial charge in [0, 0.05) is 23.6 Å². The van der Waals surface area contributed by atoms with E-state index in [9.17, 15) is 4.79 Å². The fraction of sp³-hybridized carbons (Fsp3) is 0.267. The molecule has 2 heterocycles. The van der Waals surface area contributed by atoms with Gasteiger partial charge in [-0.25, -0.2) is 0 Å². The molecule has 0 saturated heterocycles. The second-order valence-electron chi connectivity index (χ2n) is 4.70. The van der Waals surface area contributed by atoms with Crippen molar-refractivity contribution in [2.45, 2.75) is 26.3 Å². The Hall–Kier alpha value is -2.43. The van der Waals surface area contributed by atoms with Crippen LogP contribution < -0.4 is 0 Å². The van der Waals surface area contributed by atoms with E-state index in [1.54, 1.807) is 0 Å². The highest BCUT2D eigenvalue weighted by atomic mass is 16.5. The lowest BCUT2D eigenvalue weighted by Crippen LogP contribution is -2.01. The van der Waals surface area contributed by atoms with Gasteiger partial charge in [0.05, 0.1) is 12.1 Å². The van der Waals surface area contributed by atoms with Gasteiger partial charge >= 0.3 is 0 Å². The molecule has 0 fully saturated rings. The van der Waals surface area contributed by atoms with Crippen LogP contribution in [0.4, 0.5) is 0 Å². The van der Waals surface area contributed by atoms with E-state index < -0.39 is 0 Å². The SMILES string of the molecule is CCCc1nc(Cn2ccc3cccc(C=O)c32)no1. The molecule has 2 aromatic heterocycles. The Morgan fingerprint density at radius 3 is 3.05 bits per heavy atom. The molecule has 5 heteroatoms. The van der Waals surface area contributed by atoms with Crippen molar-refractivity contribution in [3.63, 3.8) is 0 Å². The van der Waals surface area contributed by atoms with E-state index in [1.165, 1.54) is 0 Å². The summed E-state index contributed by atoms with van der Waals surface area (Å²) >= 11 is 0. The van der Waals surface area contributed by atoms with Gasteiger partial charge < -0.3 is 9.09 Å². The Bertz CT molecular complexity index is 742. The number of para-hydroxylation sites is 1. The van der Waals surface area contributed by atoms with Crippen molar-refractivity contribution in [1.82, 2.24) is 14.7 Å². The summed E-state index contributed by atoms with van der Waals surface area (Å²) in [4.78, 5) is 15.5. The van der Waals surface area contributed by atoms with Crippen LogP contribution in [-0.2, 0) is 13.0 Å². The summed E-state index contributed by atoms with van der Waals surface area (Å²) in [5.41, 5.74) is 1.58. The number of rotatable bonds is 5. The van der Waals surface area contributed by atoms with Crippen molar-refractivity contribution in [2.24, 2.45) is 0 Å². The zero-order valence-electron chi connectivity index (χ0n) is 11.2. The van der Waals surface area contributed by atoms with E-state index in [0.717, 1.165) is 30.0 Å². The highest BCUT2D eigenvalue weighted by Crippen LogP contribution is 2.20. The summed E-state index contributed by atoms with van der Waals surface area (Å²) in [5, 5.41) is 5.01. The number of aromatic nitrogens is 3. The van der Waals surface area contributed by atoms with E-state index in [-0.39, 0.29) is 0 Å². The molecule has 0 radical (unpaired) electrons. The highest BCUT2D eigenvalue weighted by molar-refractivity contribution is 5.96. The lowest BCUT2D eigenvalue weighted by atomic mass is 10.1. The van der Waals surface area contributed by atoms with Gasteiger partial charge in [-0.3, -0.25) is 4.79 Å². The summed E-state index contributed by atoms with van der Waals surface area (Å²) in [6.45, 7) is 2.57. The average molecular weight is 269 g/mol. The molecule has 0 aliphatic heterocycles. The van der Waals surface area contributed by atoms with E-state index in [4.69, 9.17) is 4.52 Å². The van der Waals surface area contributed by atoms with Crippen LogP contribution in [0.3, 0.4) is 0 Å².